The molecule has 0 fully saturated rings. The minimum absolute atomic E-state index is 0.0553. The molecule has 13 heavy (non-hydrogen) atoms. The summed E-state index contributed by atoms with van der Waals surface area (Å²) in [5.74, 6) is -0.0553. The van der Waals surface area contributed by atoms with Crippen LogP contribution in [-0.4, -0.2) is 5.33 Å². The molecule has 0 unspecified atom stereocenters. The van der Waals surface area contributed by atoms with Gasteiger partial charge >= 0.3 is 0 Å². The van der Waals surface area contributed by atoms with Crippen LogP contribution in [-0.2, 0) is 12.8 Å². The SMILES string of the molecule is CCCc1ccc(CCBr)cc1F. The summed E-state index contributed by atoms with van der Waals surface area (Å²) in [6.07, 6.45) is 2.72. The van der Waals surface area contributed by atoms with Gasteiger partial charge in [-0.1, -0.05) is 41.4 Å². The zero-order valence-electron chi connectivity index (χ0n) is 7.82. The number of hydrogen-bond acceptors (Lipinski definition) is 0. The first-order valence-corrected chi connectivity index (χ1v) is 5.73. The standard InChI is InChI=1S/C11H14BrF/c1-2-3-10-5-4-9(6-7-12)8-11(10)13/h4-5,8H,2-3,6-7H2,1H3. The first-order chi connectivity index (χ1) is 6.27. The highest BCUT2D eigenvalue weighted by Crippen LogP contribution is 2.13. The first kappa shape index (κ1) is 10.7. The summed E-state index contributed by atoms with van der Waals surface area (Å²) < 4.78 is 13.3. The highest BCUT2D eigenvalue weighted by atomic mass is 79.9. The molecule has 0 spiro atoms. The quantitative estimate of drug-likeness (QED) is 0.709. The van der Waals surface area contributed by atoms with Gasteiger partial charge in [-0.15, -0.1) is 0 Å². The van der Waals surface area contributed by atoms with Crippen molar-refractivity contribution in [2.45, 2.75) is 26.2 Å². The summed E-state index contributed by atoms with van der Waals surface area (Å²) in [6.45, 7) is 2.06. The fourth-order valence-corrected chi connectivity index (χ4v) is 1.79. The average Bonchev–Trinajstić information content (AvgIpc) is 2.10. The van der Waals surface area contributed by atoms with Crippen molar-refractivity contribution in [2.75, 3.05) is 5.33 Å². The molecule has 0 N–H and O–H groups in total. The second-order valence-electron chi connectivity index (χ2n) is 3.11. The van der Waals surface area contributed by atoms with Crippen LogP contribution in [0, 0.1) is 5.82 Å². The minimum atomic E-state index is -0.0553. The molecule has 0 aromatic heterocycles. The van der Waals surface area contributed by atoms with Crippen molar-refractivity contribution in [3.8, 4) is 0 Å². The highest BCUT2D eigenvalue weighted by molar-refractivity contribution is 9.09. The number of aryl methyl sites for hydroxylation is 2. The van der Waals surface area contributed by atoms with Gasteiger partial charge in [-0.05, 0) is 30.0 Å². The largest absolute Gasteiger partial charge is 0.207 e. The normalized spacial score (nSPS) is 10.4. The summed E-state index contributed by atoms with van der Waals surface area (Å²) in [5.41, 5.74) is 1.90. The van der Waals surface area contributed by atoms with Gasteiger partial charge < -0.3 is 0 Å². The van der Waals surface area contributed by atoms with Crippen LogP contribution in [0.3, 0.4) is 0 Å². The maximum absolute atomic E-state index is 13.3. The first-order valence-electron chi connectivity index (χ1n) is 4.61. The number of benzene rings is 1. The molecule has 0 heterocycles. The molecule has 0 saturated carbocycles. The second-order valence-corrected chi connectivity index (χ2v) is 3.91. The van der Waals surface area contributed by atoms with E-state index in [0.29, 0.717) is 0 Å². The number of hydrogen-bond donors (Lipinski definition) is 0. The predicted molar refractivity (Wildman–Crippen MR) is 57.9 cm³/mol. The molecule has 0 aliphatic carbocycles. The maximum Gasteiger partial charge on any atom is 0.126 e. The molecule has 0 nitrogen and oxygen atoms in total. The van der Waals surface area contributed by atoms with Crippen molar-refractivity contribution in [3.05, 3.63) is 35.1 Å². The summed E-state index contributed by atoms with van der Waals surface area (Å²) in [4.78, 5) is 0. The zero-order chi connectivity index (χ0) is 9.68. The fourth-order valence-electron chi connectivity index (χ4n) is 1.33. The highest BCUT2D eigenvalue weighted by Gasteiger charge is 2.01. The van der Waals surface area contributed by atoms with Gasteiger partial charge in [-0.2, -0.15) is 0 Å². The van der Waals surface area contributed by atoms with Crippen LogP contribution in [0.5, 0.6) is 0 Å². The molecule has 0 aliphatic rings. The number of alkyl halides is 1. The summed E-state index contributed by atoms with van der Waals surface area (Å²) in [5, 5.41) is 0.888. The second kappa shape index (κ2) is 5.38. The van der Waals surface area contributed by atoms with Crippen molar-refractivity contribution in [2.24, 2.45) is 0 Å². The lowest BCUT2D eigenvalue weighted by Crippen LogP contribution is -1.93. The van der Waals surface area contributed by atoms with Crippen LogP contribution < -0.4 is 0 Å². The number of rotatable bonds is 4. The third kappa shape index (κ3) is 3.11. The molecule has 0 saturated heterocycles. The topological polar surface area (TPSA) is 0 Å². The molecule has 0 aliphatic heterocycles. The Morgan fingerprint density at radius 2 is 2.08 bits per heavy atom. The van der Waals surface area contributed by atoms with Crippen LogP contribution in [0.1, 0.15) is 24.5 Å². The van der Waals surface area contributed by atoms with E-state index in [4.69, 9.17) is 0 Å². The molecular formula is C11H14BrF. The van der Waals surface area contributed by atoms with E-state index in [2.05, 4.69) is 22.9 Å². The Kier molecular flexibility index (Phi) is 4.43. The number of halogens is 2. The minimum Gasteiger partial charge on any atom is -0.207 e. The van der Waals surface area contributed by atoms with E-state index in [9.17, 15) is 4.39 Å². The zero-order valence-corrected chi connectivity index (χ0v) is 9.40. The van der Waals surface area contributed by atoms with E-state index in [0.717, 1.165) is 35.7 Å². The Morgan fingerprint density at radius 3 is 2.62 bits per heavy atom. The van der Waals surface area contributed by atoms with E-state index in [-0.39, 0.29) is 5.82 Å². The average molecular weight is 245 g/mol. The molecule has 2 heteroatoms. The van der Waals surface area contributed by atoms with Gasteiger partial charge in [0.1, 0.15) is 5.82 Å². The molecule has 0 amide bonds. The van der Waals surface area contributed by atoms with Gasteiger partial charge in [-0.25, -0.2) is 4.39 Å². The van der Waals surface area contributed by atoms with E-state index < -0.39 is 0 Å². The molecule has 1 aromatic rings. The summed E-state index contributed by atoms with van der Waals surface area (Å²) >= 11 is 3.34. The Labute approximate surface area is 87.3 Å². The summed E-state index contributed by atoms with van der Waals surface area (Å²) in [6, 6.07) is 5.55. The molecule has 1 rings (SSSR count). The van der Waals surface area contributed by atoms with Gasteiger partial charge in [0.15, 0.2) is 0 Å². The Morgan fingerprint density at radius 1 is 1.31 bits per heavy atom. The summed E-state index contributed by atoms with van der Waals surface area (Å²) in [7, 11) is 0. The van der Waals surface area contributed by atoms with Crippen LogP contribution in [0.4, 0.5) is 4.39 Å². The molecule has 0 bridgehead atoms. The Hall–Kier alpha value is -0.370. The van der Waals surface area contributed by atoms with Crippen LogP contribution in [0.15, 0.2) is 18.2 Å². The van der Waals surface area contributed by atoms with Gasteiger partial charge in [0.2, 0.25) is 0 Å². The van der Waals surface area contributed by atoms with Crippen molar-refractivity contribution >= 4 is 15.9 Å². The monoisotopic (exact) mass is 244 g/mol. The van der Waals surface area contributed by atoms with Crippen molar-refractivity contribution in [1.29, 1.82) is 0 Å². The molecule has 0 atom stereocenters. The van der Waals surface area contributed by atoms with Gasteiger partial charge in [0.25, 0.3) is 0 Å². The lowest BCUT2D eigenvalue weighted by atomic mass is 10.1. The molecule has 0 radical (unpaired) electrons. The third-order valence-corrected chi connectivity index (χ3v) is 2.42. The fraction of sp³-hybridized carbons (Fsp3) is 0.455. The maximum atomic E-state index is 13.3. The van der Waals surface area contributed by atoms with E-state index in [1.807, 2.05) is 12.1 Å². The van der Waals surface area contributed by atoms with Crippen LogP contribution in [0.2, 0.25) is 0 Å². The van der Waals surface area contributed by atoms with Gasteiger partial charge in [0, 0.05) is 5.33 Å². The van der Waals surface area contributed by atoms with Crippen LogP contribution in [0.25, 0.3) is 0 Å². The predicted octanol–water partition coefficient (Wildman–Crippen LogP) is 3.72. The van der Waals surface area contributed by atoms with Crippen molar-refractivity contribution in [1.82, 2.24) is 0 Å². The molecular weight excluding hydrogens is 231 g/mol. The molecule has 72 valence electrons. The Balaban J connectivity index is 2.79. The third-order valence-electron chi connectivity index (χ3n) is 2.02. The van der Waals surface area contributed by atoms with Crippen LogP contribution >= 0.6 is 15.9 Å². The lowest BCUT2D eigenvalue weighted by molar-refractivity contribution is 0.605. The van der Waals surface area contributed by atoms with Gasteiger partial charge in [0.05, 0.1) is 0 Å². The van der Waals surface area contributed by atoms with Gasteiger partial charge in [-0.3, -0.25) is 0 Å². The van der Waals surface area contributed by atoms with Crippen molar-refractivity contribution < 1.29 is 4.39 Å². The smallest absolute Gasteiger partial charge is 0.126 e. The molecule has 1 aromatic carbocycles. The van der Waals surface area contributed by atoms with E-state index in [1.54, 1.807) is 6.07 Å². The van der Waals surface area contributed by atoms with E-state index >= 15 is 0 Å². The van der Waals surface area contributed by atoms with E-state index in [1.165, 1.54) is 0 Å². The van der Waals surface area contributed by atoms with Crippen molar-refractivity contribution in [3.63, 3.8) is 0 Å². The Bertz CT molecular complexity index is 271. The lowest BCUT2D eigenvalue weighted by Gasteiger charge is -2.03.